The number of unbranched alkanes of at least 4 members (excludes halogenated alkanes) is 2. The summed E-state index contributed by atoms with van der Waals surface area (Å²) in [7, 11) is 0. The van der Waals surface area contributed by atoms with Crippen molar-refractivity contribution in [3.05, 3.63) is 69.4 Å². The Morgan fingerprint density at radius 3 is 2.03 bits per heavy atom. The summed E-state index contributed by atoms with van der Waals surface area (Å²) >= 11 is 3.53. The number of aliphatic hydroxyl groups is 1. The molecule has 6 amide bonds. The number of amidine groups is 1. The molecule has 0 saturated carbocycles. The van der Waals surface area contributed by atoms with Crippen molar-refractivity contribution < 1.29 is 77.1 Å². The van der Waals surface area contributed by atoms with E-state index >= 15 is 0 Å². The Kier molecular flexibility index (Phi) is 32.8. The molecule has 6 rings (SSSR count). The molecule has 0 aliphatic carbocycles. The molecule has 1 aromatic heterocycles. The van der Waals surface area contributed by atoms with Crippen LogP contribution >= 0.6 is 34.4 Å². The Labute approximate surface area is 575 Å². The van der Waals surface area contributed by atoms with E-state index in [1.807, 2.05) is 24.3 Å². The number of thioether (sulfide) groups is 1. The number of carboxylic acid groups (broad SMARTS) is 3. The third-order valence-corrected chi connectivity index (χ3v) is 18.5. The van der Waals surface area contributed by atoms with E-state index in [0.717, 1.165) is 52.6 Å². The molecule has 0 bridgehead atoms. The van der Waals surface area contributed by atoms with Gasteiger partial charge in [0.1, 0.15) is 23.9 Å². The van der Waals surface area contributed by atoms with Crippen molar-refractivity contribution in [2.75, 3.05) is 136 Å². The minimum atomic E-state index is -3.18. The number of carboxylic acids is 3. The Morgan fingerprint density at radius 1 is 0.792 bits per heavy atom. The van der Waals surface area contributed by atoms with Gasteiger partial charge in [-0.3, -0.25) is 72.7 Å². The average molecular weight is 1470 g/mol. The van der Waals surface area contributed by atoms with Crippen molar-refractivity contribution in [3.63, 3.8) is 0 Å². The lowest BCUT2D eigenvalue weighted by atomic mass is 9.91. The first-order valence-corrected chi connectivity index (χ1v) is 34.8. The van der Waals surface area contributed by atoms with Crippen LogP contribution in [0.1, 0.15) is 93.5 Å². The first kappa shape index (κ1) is 77.8. The van der Waals surface area contributed by atoms with Gasteiger partial charge < -0.3 is 56.2 Å². The monoisotopic (exact) mass is 1470 g/mol. The van der Waals surface area contributed by atoms with Crippen molar-refractivity contribution in [1.82, 2.24) is 55.7 Å². The number of aliphatic carboxylic acids is 3. The van der Waals surface area contributed by atoms with Gasteiger partial charge in [0.25, 0.3) is 17.7 Å². The van der Waals surface area contributed by atoms with Crippen molar-refractivity contribution >= 4 is 104 Å². The number of alkyl halides is 2. The number of nitriles is 1. The second kappa shape index (κ2) is 40.5. The van der Waals surface area contributed by atoms with E-state index in [0.29, 0.717) is 86.1 Å². The standard InChI is InChI=1S/C65H90F2IN13O14S/c1-45(74-56(83)10-6-8-46-11-13-48(68)14-12-46)70-20-4-2-9-54(75-57(84)39-76-25-27-77(40-59(86)87)29-31-79(42-61(90)91)32-30-78(28-26-76)41-60(88)89)63(93)72-22-34-96-43-55(82)64(94)80-23-18-47(19-24-80)7-3-5-33-95-50-15-16-53-52(35-50)51(17-21-71-53)62(92)73-38-58(85)81-44-65(66,67)36-49(81)37-69/h11-17,21,35,47,49,54-55,82H,2-10,18-20,22-34,36,38-44H2,1H3,(H,72,93)(H,73,92)(H,75,84)(H,86,87)(H,88,89)(H,90,91)(H,70,74,83)/t49-,54+,55-/m1/s1. The zero-order valence-electron chi connectivity index (χ0n) is 54.3. The highest BCUT2D eigenvalue weighted by atomic mass is 127. The van der Waals surface area contributed by atoms with Crippen LogP contribution in [-0.2, 0) is 44.8 Å². The molecule has 2 aromatic carbocycles. The average Bonchev–Trinajstić information content (AvgIpc) is 0.924. The summed E-state index contributed by atoms with van der Waals surface area (Å²) in [5.41, 5.74) is 1.86. The minimum absolute atomic E-state index is 0.0883. The van der Waals surface area contributed by atoms with Crippen LogP contribution in [0.4, 0.5) is 8.78 Å². The molecule has 3 fully saturated rings. The van der Waals surface area contributed by atoms with Crippen LogP contribution in [0.25, 0.3) is 10.9 Å². The maximum atomic E-state index is 13.9. The van der Waals surface area contributed by atoms with Gasteiger partial charge in [-0.15, -0.1) is 0 Å². The highest BCUT2D eigenvalue weighted by molar-refractivity contribution is 14.1. The van der Waals surface area contributed by atoms with Crippen molar-refractivity contribution in [2.24, 2.45) is 10.9 Å². The lowest BCUT2D eigenvalue weighted by molar-refractivity contribution is -0.140. The number of benzene rings is 2. The Bertz CT molecular complexity index is 3150. The molecule has 3 aliphatic rings. The number of aryl methyl sites for hydroxylation is 1. The van der Waals surface area contributed by atoms with Crippen LogP contribution in [0, 0.1) is 20.8 Å². The van der Waals surface area contributed by atoms with E-state index in [4.69, 9.17) is 4.74 Å². The second-order valence-electron chi connectivity index (χ2n) is 24.3. The predicted molar refractivity (Wildman–Crippen MR) is 362 cm³/mol. The van der Waals surface area contributed by atoms with Crippen molar-refractivity contribution in [2.45, 2.75) is 108 Å². The molecule has 0 unspecified atom stereocenters. The number of aliphatic imine (C=N–C) groups is 1. The normalized spacial score (nSPS) is 17.9. The first-order chi connectivity index (χ1) is 45.9. The molecule has 0 spiro atoms. The van der Waals surface area contributed by atoms with Crippen LogP contribution in [0.2, 0.25) is 0 Å². The number of nitrogens with one attached hydrogen (secondary N) is 4. The number of fused-ring (bicyclic) bond motifs is 1. The van der Waals surface area contributed by atoms with Gasteiger partial charge >= 0.3 is 17.9 Å². The molecule has 0 radical (unpaired) electrons. The highest BCUT2D eigenvalue weighted by Crippen LogP contribution is 2.32. The van der Waals surface area contributed by atoms with E-state index in [2.05, 4.69) is 53.8 Å². The molecule has 96 heavy (non-hydrogen) atoms. The van der Waals surface area contributed by atoms with Gasteiger partial charge in [0, 0.05) is 118 Å². The number of carbonyl (C=O) groups is 9. The summed E-state index contributed by atoms with van der Waals surface area (Å²) in [5.74, 6) is -7.56. The molecule has 27 nitrogen and oxygen atoms in total. The van der Waals surface area contributed by atoms with Gasteiger partial charge in [-0.05, 0) is 135 Å². The van der Waals surface area contributed by atoms with Gasteiger partial charge in [-0.25, -0.2) is 8.78 Å². The number of rotatable bonds is 34. The smallest absolute Gasteiger partial charge is 0.317 e. The fraction of sp³-hybridized carbons (Fsp3) is 0.600. The first-order valence-electron chi connectivity index (χ1n) is 32.5. The zero-order valence-corrected chi connectivity index (χ0v) is 57.3. The van der Waals surface area contributed by atoms with Crippen LogP contribution < -0.4 is 26.0 Å². The fourth-order valence-electron chi connectivity index (χ4n) is 11.6. The molecular formula is C65H90F2IN13O14S. The quantitative estimate of drug-likeness (QED) is 0.0184. The molecule has 3 aliphatic heterocycles. The number of halogens is 3. The van der Waals surface area contributed by atoms with Gasteiger partial charge in [0.05, 0.1) is 68.9 Å². The highest BCUT2D eigenvalue weighted by Gasteiger charge is 2.47. The molecule has 31 heteroatoms. The number of aliphatic hydroxyl groups excluding tert-OH is 1. The largest absolute Gasteiger partial charge is 0.494 e. The van der Waals surface area contributed by atoms with Crippen molar-refractivity contribution in [3.8, 4) is 11.8 Å². The van der Waals surface area contributed by atoms with Gasteiger partial charge in [0.15, 0.2) is 0 Å². The number of amides is 6. The van der Waals surface area contributed by atoms with Gasteiger partial charge in [0.2, 0.25) is 23.6 Å². The molecule has 3 saturated heterocycles. The predicted octanol–water partition coefficient (Wildman–Crippen LogP) is 3.01. The lowest BCUT2D eigenvalue weighted by Gasteiger charge is -2.33. The molecule has 3 aromatic rings. The number of nitrogens with zero attached hydrogens (tertiary/aromatic N) is 9. The number of pyridine rings is 1. The number of piperidine rings is 1. The third kappa shape index (κ3) is 28.1. The third-order valence-electron chi connectivity index (χ3n) is 16.8. The lowest BCUT2D eigenvalue weighted by Crippen LogP contribution is -2.52. The number of ether oxygens (including phenoxy) is 1. The summed E-state index contributed by atoms with van der Waals surface area (Å²) in [5, 5.41) is 60.7. The number of likely N-dealkylation sites (tertiary alicyclic amines) is 2. The Hall–Kier alpha value is -7.22. The SMILES string of the molecule is C/C(=N\CCCC[C@H](NC(=O)CN1CCN(CC(=O)O)CCN(CC(=O)O)CCN(CC(=O)O)CC1)C(=O)NCCSC[C@@H](O)C(=O)N1CCC(CCCCOc2ccc3nccc(C(=O)NCC(=O)N4CC(F)(F)C[C@@H]4C#N)c3c2)CC1)NC(=O)CCCc1ccc(I)cc1. The van der Waals surface area contributed by atoms with E-state index in [9.17, 15) is 77.6 Å². The molecular weight excluding hydrogens is 1380 g/mol. The van der Waals surface area contributed by atoms with Crippen LogP contribution in [0.5, 0.6) is 5.75 Å². The molecule has 4 heterocycles. The van der Waals surface area contributed by atoms with Crippen LogP contribution in [0.3, 0.4) is 0 Å². The Balaban J connectivity index is 0.933. The fourth-order valence-corrected chi connectivity index (χ4v) is 12.7. The van der Waals surface area contributed by atoms with E-state index in [1.54, 1.807) is 55.7 Å². The van der Waals surface area contributed by atoms with Crippen molar-refractivity contribution in [1.29, 1.82) is 5.26 Å². The summed E-state index contributed by atoms with van der Waals surface area (Å²) in [4.78, 5) is 133. The summed E-state index contributed by atoms with van der Waals surface area (Å²) in [6.45, 7) is 2.53. The van der Waals surface area contributed by atoms with Gasteiger partial charge in [-0.2, -0.15) is 17.0 Å². The number of hydrogen-bond donors (Lipinski definition) is 8. The number of hydrogen-bond acceptors (Lipinski definition) is 19. The summed E-state index contributed by atoms with van der Waals surface area (Å²) < 4.78 is 35.0. The minimum Gasteiger partial charge on any atom is -0.494 e. The second-order valence-corrected chi connectivity index (χ2v) is 26.7. The van der Waals surface area contributed by atoms with E-state index in [1.165, 1.54) is 24.0 Å². The summed E-state index contributed by atoms with van der Waals surface area (Å²) in [6, 6.07) is 14.2. The molecule has 3 atom stereocenters. The molecule has 526 valence electrons. The zero-order chi connectivity index (χ0) is 69.6. The topological polar surface area (TPSA) is 360 Å². The van der Waals surface area contributed by atoms with E-state index < -0.39 is 85.2 Å². The molecule has 8 N–H and O–H groups in total. The van der Waals surface area contributed by atoms with Crippen LogP contribution in [-0.4, -0.2) is 274 Å². The van der Waals surface area contributed by atoms with Gasteiger partial charge in [-0.1, -0.05) is 18.6 Å². The van der Waals surface area contributed by atoms with E-state index in [-0.39, 0.29) is 115 Å². The number of carbonyl (C=O) groups excluding carboxylic acids is 6. The number of aromatic nitrogens is 1. The van der Waals surface area contributed by atoms with Crippen LogP contribution in [0.15, 0.2) is 59.7 Å². The summed E-state index contributed by atoms with van der Waals surface area (Å²) in [6.07, 6.45) is 6.41. The maximum absolute atomic E-state index is 13.9. The Morgan fingerprint density at radius 2 is 1.42 bits per heavy atom. The maximum Gasteiger partial charge on any atom is 0.317 e.